The van der Waals surface area contributed by atoms with E-state index < -0.39 is 5.97 Å². The van der Waals surface area contributed by atoms with Crippen LogP contribution >= 0.6 is 22.7 Å². The van der Waals surface area contributed by atoms with Crippen LogP contribution in [0.25, 0.3) is 10.2 Å². The van der Waals surface area contributed by atoms with Crippen LogP contribution in [0.2, 0.25) is 0 Å². The predicted molar refractivity (Wildman–Crippen MR) is 107 cm³/mol. The number of anilines is 1. The standard InChI is InChI=1S/C18H19N3O4S2/c1-5-21-8-19-16-12(17(21)23)10(4)13(27-16)14(22)20-15-11(7-9(3)26-15)18(24)25-6-2/h7-8H,5-6H2,1-4H3,(H,20,22). The van der Waals surface area contributed by atoms with E-state index in [1.807, 2.05) is 13.8 Å². The fourth-order valence-electron chi connectivity index (χ4n) is 2.73. The van der Waals surface area contributed by atoms with Gasteiger partial charge in [-0.3, -0.25) is 14.2 Å². The fraction of sp³-hybridized carbons (Fsp3) is 0.333. The average Bonchev–Trinajstić information content (AvgIpc) is 3.16. The van der Waals surface area contributed by atoms with Gasteiger partial charge in [-0.25, -0.2) is 9.78 Å². The monoisotopic (exact) mass is 405 g/mol. The van der Waals surface area contributed by atoms with Gasteiger partial charge in [-0.15, -0.1) is 22.7 Å². The number of carbonyl (C=O) groups excluding carboxylic acids is 2. The third kappa shape index (κ3) is 3.52. The second-order valence-electron chi connectivity index (χ2n) is 5.85. The second-order valence-corrected chi connectivity index (χ2v) is 8.10. The number of fused-ring (bicyclic) bond motifs is 1. The van der Waals surface area contributed by atoms with Crippen molar-refractivity contribution in [2.24, 2.45) is 0 Å². The largest absolute Gasteiger partial charge is 0.462 e. The van der Waals surface area contributed by atoms with Crippen molar-refractivity contribution >= 4 is 49.8 Å². The Morgan fingerprint density at radius 2 is 2.00 bits per heavy atom. The number of aryl methyl sites for hydroxylation is 3. The first-order chi connectivity index (χ1) is 12.9. The number of ether oxygens (including phenoxy) is 1. The summed E-state index contributed by atoms with van der Waals surface area (Å²) < 4.78 is 6.55. The van der Waals surface area contributed by atoms with Crippen LogP contribution in [0.1, 0.15) is 44.3 Å². The zero-order valence-electron chi connectivity index (χ0n) is 15.4. The van der Waals surface area contributed by atoms with Gasteiger partial charge in [0, 0.05) is 11.4 Å². The second kappa shape index (κ2) is 7.61. The smallest absolute Gasteiger partial charge is 0.341 e. The molecular weight excluding hydrogens is 386 g/mol. The molecule has 142 valence electrons. The third-order valence-corrected chi connectivity index (χ3v) is 6.21. The first-order valence-corrected chi connectivity index (χ1v) is 10.1. The lowest BCUT2D eigenvalue weighted by molar-refractivity contribution is 0.0528. The van der Waals surface area contributed by atoms with Gasteiger partial charge in [-0.2, -0.15) is 0 Å². The van der Waals surface area contributed by atoms with E-state index in [4.69, 9.17) is 4.74 Å². The Labute approximate surface area is 163 Å². The fourth-order valence-corrected chi connectivity index (χ4v) is 4.66. The highest BCUT2D eigenvalue weighted by Crippen LogP contribution is 2.31. The summed E-state index contributed by atoms with van der Waals surface area (Å²) >= 11 is 2.47. The molecule has 0 aliphatic rings. The van der Waals surface area contributed by atoms with Crippen molar-refractivity contribution in [1.29, 1.82) is 0 Å². The highest BCUT2D eigenvalue weighted by molar-refractivity contribution is 7.21. The van der Waals surface area contributed by atoms with Crippen molar-refractivity contribution < 1.29 is 14.3 Å². The van der Waals surface area contributed by atoms with Gasteiger partial charge in [-0.1, -0.05) is 0 Å². The SMILES string of the molecule is CCOC(=O)c1cc(C)sc1NC(=O)c1sc2ncn(CC)c(=O)c2c1C. The van der Waals surface area contributed by atoms with Crippen LogP contribution in [-0.4, -0.2) is 28.0 Å². The summed E-state index contributed by atoms with van der Waals surface area (Å²) in [4.78, 5) is 43.6. The number of nitrogens with one attached hydrogen (secondary N) is 1. The van der Waals surface area contributed by atoms with Crippen LogP contribution in [-0.2, 0) is 11.3 Å². The lowest BCUT2D eigenvalue weighted by Gasteiger charge is -2.05. The molecule has 7 nitrogen and oxygen atoms in total. The van der Waals surface area contributed by atoms with E-state index in [0.717, 1.165) is 4.88 Å². The number of carbonyl (C=O) groups is 2. The number of esters is 1. The van der Waals surface area contributed by atoms with Crippen molar-refractivity contribution in [3.05, 3.63) is 43.6 Å². The lowest BCUT2D eigenvalue weighted by Crippen LogP contribution is -2.19. The molecular formula is C18H19N3O4S2. The Morgan fingerprint density at radius 3 is 2.67 bits per heavy atom. The first kappa shape index (κ1) is 19.2. The van der Waals surface area contributed by atoms with Crippen molar-refractivity contribution in [2.45, 2.75) is 34.2 Å². The van der Waals surface area contributed by atoms with Crippen LogP contribution in [0.5, 0.6) is 0 Å². The van der Waals surface area contributed by atoms with E-state index in [-0.39, 0.29) is 18.1 Å². The lowest BCUT2D eigenvalue weighted by atomic mass is 10.2. The zero-order valence-corrected chi connectivity index (χ0v) is 17.0. The minimum Gasteiger partial charge on any atom is -0.462 e. The van der Waals surface area contributed by atoms with Crippen molar-refractivity contribution in [3.8, 4) is 0 Å². The van der Waals surface area contributed by atoms with E-state index in [1.165, 1.54) is 33.6 Å². The summed E-state index contributed by atoms with van der Waals surface area (Å²) in [5, 5.41) is 3.69. The highest BCUT2D eigenvalue weighted by atomic mass is 32.1. The number of nitrogens with zero attached hydrogens (tertiary/aromatic N) is 2. The topological polar surface area (TPSA) is 90.3 Å². The number of hydrogen-bond donors (Lipinski definition) is 1. The van der Waals surface area contributed by atoms with Gasteiger partial charge < -0.3 is 10.1 Å². The van der Waals surface area contributed by atoms with Crippen molar-refractivity contribution in [3.63, 3.8) is 0 Å². The summed E-state index contributed by atoms with van der Waals surface area (Å²) in [5.41, 5.74) is 0.770. The van der Waals surface area contributed by atoms with Gasteiger partial charge in [0.25, 0.3) is 11.5 Å². The predicted octanol–water partition coefficient (Wildman–Crippen LogP) is 3.59. The van der Waals surface area contributed by atoms with E-state index in [9.17, 15) is 14.4 Å². The molecule has 1 amide bonds. The summed E-state index contributed by atoms with van der Waals surface area (Å²) in [6.45, 7) is 7.95. The number of rotatable bonds is 5. The van der Waals surface area contributed by atoms with Gasteiger partial charge >= 0.3 is 5.97 Å². The minimum atomic E-state index is -0.474. The molecule has 27 heavy (non-hydrogen) atoms. The normalized spacial score (nSPS) is 11.0. The van der Waals surface area contributed by atoms with Gasteiger partial charge in [0.2, 0.25) is 0 Å². The maximum Gasteiger partial charge on any atom is 0.341 e. The molecule has 3 rings (SSSR count). The zero-order chi connectivity index (χ0) is 19.7. The molecule has 0 bridgehead atoms. The molecule has 0 aliphatic carbocycles. The molecule has 1 N–H and O–H groups in total. The van der Waals surface area contributed by atoms with Crippen LogP contribution < -0.4 is 10.9 Å². The molecule has 0 radical (unpaired) electrons. The maximum absolute atomic E-state index is 12.8. The molecule has 0 atom stereocenters. The Kier molecular flexibility index (Phi) is 5.43. The Bertz CT molecular complexity index is 1090. The minimum absolute atomic E-state index is 0.158. The number of amides is 1. The van der Waals surface area contributed by atoms with E-state index >= 15 is 0 Å². The molecule has 9 heteroatoms. The van der Waals surface area contributed by atoms with E-state index in [2.05, 4.69) is 10.3 Å². The first-order valence-electron chi connectivity index (χ1n) is 8.44. The quantitative estimate of drug-likeness (QED) is 0.655. The van der Waals surface area contributed by atoms with Crippen molar-refractivity contribution in [1.82, 2.24) is 9.55 Å². The molecule has 0 aromatic carbocycles. The van der Waals surface area contributed by atoms with Crippen LogP contribution in [0.4, 0.5) is 5.00 Å². The van der Waals surface area contributed by atoms with Gasteiger partial charge in [0.15, 0.2) is 0 Å². The van der Waals surface area contributed by atoms with Gasteiger partial charge in [0.05, 0.1) is 28.8 Å². The van der Waals surface area contributed by atoms with Crippen LogP contribution in [0, 0.1) is 13.8 Å². The maximum atomic E-state index is 12.8. The Morgan fingerprint density at radius 1 is 1.26 bits per heavy atom. The van der Waals surface area contributed by atoms with Crippen molar-refractivity contribution in [2.75, 3.05) is 11.9 Å². The number of hydrogen-bond acceptors (Lipinski definition) is 7. The van der Waals surface area contributed by atoms with E-state index in [1.54, 1.807) is 19.9 Å². The average molecular weight is 406 g/mol. The molecule has 0 unspecified atom stereocenters. The van der Waals surface area contributed by atoms with Crippen LogP contribution in [0.3, 0.4) is 0 Å². The molecule has 3 aromatic rings. The number of thiophene rings is 2. The molecule has 3 aromatic heterocycles. The highest BCUT2D eigenvalue weighted by Gasteiger charge is 2.23. The molecule has 0 saturated carbocycles. The molecule has 0 saturated heterocycles. The molecule has 0 spiro atoms. The number of aromatic nitrogens is 2. The summed E-state index contributed by atoms with van der Waals surface area (Å²) in [5.74, 6) is -0.844. The van der Waals surface area contributed by atoms with Gasteiger partial charge in [0.1, 0.15) is 9.83 Å². The Balaban J connectivity index is 1.99. The molecule has 0 fully saturated rings. The summed E-state index contributed by atoms with van der Waals surface area (Å²) in [6.07, 6.45) is 1.49. The van der Waals surface area contributed by atoms with Gasteiger partial charge in [-0.05, 0) is 39.3 Å². The third-order valence-electron chi connectivity index (χ3n) is 4.04. The molecule has 3 heterocycles. The van der Waals surface area contributed by atoms with Crippen LogP contribution in [0.15, 0.2) is 17.2 Å². The Hall–Kier alpha value is -2.52. The van der Waals surface area contributed by atoms with E-state index in [0.29, 0.717) is 37.8 Å². The molecule has 0 aliphatic heterocycles. The summed E-state index contributed by atoms with van der Waals surface area (Å²) in [6, 6.07) is 1.69. The summed E-state index contributed by atoms with van der Waals surface area (Å²) in [7, 11) is 0.